The topological polar surface area (TPSA) is 61.2 Å². The molecule has 0 fully saturated rings. The Bertz CT molecular complexity index is 913. The summed E-state index contributed by atoms with van der Waals surface area (Å²) in [6.45, 7) is 2.47. The van der Waals surface area contributed by atoms with Crippen molar-refractivity contribution in [1.82, 2.24) is 9.55 Å². The predicted octanol–water partition coefficient (Wildman–Crippen LogP) is 2.47. The molecule has 5 nitrogen and oxygen atoms in total. The fourth-order valence-electron chi connectivity index (χ4n) is 2.57. The van der Waals surface area contributed by atoms with Gasteiger partial charge in [-0.1, -0.05) is 30.3 Å². The summed E-state index contributed by atoms with van der Waals surface area (Å²) >= 11 is 0. The molecule has 0 unspecified atom stereocenters. The lowest BCUT2D eigenvalue weighted by Gasteiger charge is -2.08. The molecule has 3 aromatic rings. The number of benzene rings is 2. The molecule has 0 saturated heterocycles. The largest absolute Gasteiger partial charge is 0.325 e. The molecule has 110 valence electrons. The highest BCUT2D eigenvalue weighted by Crippen LogP contribution is 2.26. The van der Waals surface area contributed by atoms with Crippen LogP contribution >= 0.6 is 0 Å². The van der Waals surface area contributed by atoms with Gasteiger partial charge < -0.3 is 4.57 Å². The quantitative estimate of drug-likeness (QED) is 0.695. The fourth-order valence-corrected chi connectivity index (χ4v) is 2.94. The Balaban J connectivity index is 2.08. The molecule has 1 aromatic heterocycles. The van der Waals surface area contributed by atoms with Crippen LogP contribution in [0.15, 0.2) is 36.4 Å². The maximum absolute atomic E-state index is 11.1. The number of fused-ring (bicyclic) bond motifs is 3. The zero-order valence-electron chi connectivity index (χ0n) is 11.9. The van der Waals surface area contributed by atoms with Crippen molar-refractivity contribution >= 4 is 31.9 Å². The third kappa shape index (κ3) is 2.77. The third-order valence-electron chi connectivity index (χ3n) is 3.43. The second-order valence-corrected chi connectivity index (χ2v) is 6.64. The van der Waals surface area contributed by atoms with Crippen LogP contribution in [0.3, 0.4) is 0 Å². The van der Waals surface area contributed by atoms with Crippen molar-refractivity contribution in [1.29, 1.82) is 0 Å². The molecule has 0 aliphatic carbocycles. The molecular formula is C15H16N2O3S. The third-order valence-corrected chi connectivity index (χ3v) is 4.03. The van der Waals surface area contributed by atoms with Crippen molar-refractivity contribution in [3.05, 3.63) is 42.2 Å². The van der Waals surface area contributed by atoms with Gasteiger partial charge in [0.05, 0.1) is 23.9 Å². The summed E-state index contributed by atoms with van der Waals surface area (Å²) in [5.41, 5.74) is 1.92. The number of hydrogen-bond acceptors (Lipinski definition) is 4. The van der Waals surface area contributed by atoms with Crippen LogP contribution in [0.25, 0.3) is 21.8 Å². The van der Waals surface area contributed by atoms with E-state index >= 15 is 0 Å². The molecule has 0 aliphatic rings. The van der Waals surface area contributed by atoms with E-state index < -0.39 is 10.1 Å². The Kier molecular flexibility index (Phi) is 3.43. The molecule has 0 bridgehead atoms. The highest BCUT2D eigenvalue weighted by Gasteiger charge is 2.11. The van der Waals surface area contributed by atoms with Gasteiger partial charge in [-0.15, -0.1) is 0 Å². The number of imidazole rings is 1. The van der Waals surface area contributed by atoms with E-state index in [0.29, 0.717) is 6.54 Å². The highest BCUT2D eigenvalue weighted by atomic mass is 32.2. The minimum absolute atomic E-state index is 0.106. The summed E-state index contributed by atoms with van der Waals surface area (Å²) in [4.78, 5) is 4.54. The van der Waals surface area contributed by atoms with E-state index in [1.54, 1.807) is 0 Å². The molecule has 2 aromatic carbocycles. The molecule has 0 saturated carbocycles. The molecule has 3 rings (SSSR count). The Morgan fingerprint density at radius 3 is 2.71 bits per heavy atom. The van der Waals surface area contributed by atoms with Crippen molar-refractivity contribution in [2.45, 2.75) is 13.5 Å². The van der Waals surface area contributed by atoms with Crippen LogP contribution in [0.4, 0.5) is 0 Å². The van der Waals surface area contributed by atoms with Crippen LogP contribution in [-0.4, -0.2) is 30.8 Å². The number of aromatic nitrogens is 2. The van der Waals surface area contributed by atoms with Gasteiger partial charge in [-0.3, -0.25) is 4.18 Å². The Labute approximate surface area is 123 Å². The van der Waals surface area contributed by atoms with Crippen molar-refractivity contribution in [2.24, 2.45) is 0 Å². The van der Waals surface area contributed by atoms with E-state index in [2.05, 4.69) is 11.1 Å². The van der Waals surface area contributed by atoms with Crippen molar-refractivity contribution in [3.63, 3.8) is 0 Å². The van der Waals surface area contributed by atoms with Gasteiger partial charge in [0.15, 0.2) is 0 Å². The van der Waals surface area contributed by atoms with Gasteiger partial charge in [0.2, 0.25) is 0 Å². The van der Waals surface area contributed by atoms with E-state index in [1.165, 1.54) is 0 Å². The predicted molar refractivity (Wildman–Crippen MR) is 82.8 cm³/mol. The van der Waals surface area contributed by atoms with E-state index in [1.807, 2.05) is 41.8 Å². The van der Waals surface area contributed by atoms with Gasteiger partial charge >= 0.3 is 0 Å². The van der Waals surface area contributed by atoms with E-state index in [4.69, 9.17) is 4.18 Å². The normalized spacial score (nSPS) is 12.3. The zero-order chi connectivity index (χ0) is 15.0. The number of rotatable bonds is 4. The lowest BCUT2D eigenvalue weighted by atomic mass is 10.1. The average molecular weight is 304 g/mol. The second-order valence-electron chi connectivity index (χ2n) is 4.99. The molecule has 0 amide bonds. The summed E-state index contributed by atoms with van der Waals surface area (Å²) in [7, 11) is -3.42. The summed E-state index contributed by atoms with van der Waals surface area (Å²) in [6.07, 6.45) is 1.06. The fraction of sp³-hybridized carbons (Fsp3) is 0.267. The molecule has 0 radical (unpaired) electrons. The van der Waals surface area contributed by atoms with Crippen molar-refractivity contribution in [3.8, 4) is 0 Å². The second kappa shape index (κ2) is 5.13. The van der Waals surface area contributed by atoms with Gasteiger partial charge in [0, 0.05) is 11.9 Å². The molecule has 0 spiro atoms. The molecule has 0 aliphatic heterocycles. The molecule has 6 heteroatoms. The smallest absolute Gasteiger partial charge is 0.264 e. The lowest BCUT2D eigenvalue weighted by Crippen LogP contribution is -2.11. The Morgan fingerprint density at radius 1 is 1.19 bits per heavy atom. The maximum Gasteiger partial charge on any atom is 0.264 e. The maximum atomic E-state index is 11.1. The average Bonchev–Trinajstić information content (AvgIpc) is 2.74. The van der Waals surface area contributed by atoms with Crippen LogP contribution in [0.1, 0.15) is 5.82 Å². The first-order valence-corrected chi connectivity index (χ1v) is 8.46. The number of nitrogens with zero attached hydrogens (tertiary/aromatic N) is 2. The molecule has 21 heavy (non-hydrogen) atoms. The first kappa shape index (κ1) is 14.0. The summed E-state index contributed by atoms with van der Waals surface area (Å²) < 4.78 is 29.0. The summed E-state index contributed by atoms with van der Waals surface area (Å²) in [6, 6.07) is 12.1. The first-order valence-electron chi connectivity index (χ1n) is 6.65. The summed E-state index contributed by atoms with van der Waals surface area (Å²) in [5.74, 6) is 0.846. The molecule has 0 atom stereocenters. The van der Waals surface area contributed by atoms with Crippen molar-refractivity contribution in [2.75, 3.05) is 12.9 Å². The Morgan fingerprint density at radius 2 is 1.95 bits per heavy atom. The molecule has 1 heterocycles. The number of hydrogen-bond donors (Lipinski definition) is 0. The van der Waals surface area contributed by atoms with Crippen LogP contribution in [-0.2, 0) is 20.8 Å². The van der Waals surface area contributed by atoms with Gasteiger partial charge in [0.1, 0.15) is 5.82 Å². The standard InChI is InChI=1S/C15H16N2O3S/c1-11-16-14-8-7-12-5-3-4-6-13(12)15(14)17(11)9-10-20-21(2,18)19/h3-8H,9-10H2,1-2H3. The van der Waals surface area contributed by atoms with Crippen LogP contribution in [0.5, 0.6) is 0 Å². The molecule has 0 N–H and O–H groups in total. The molecular weight excluding hydrogens is 288 g/mol. The first-order chi connectivity index (χ1) is 9.96. The van der Waals surface area contributed by atoms with Crippen LogP contribution in [0.2, 0.25) is 0 Å². The van der Waals surface area contributed by atoms with Crippen LogP contribution < -0.4 is 0 Å². The van der Waals surface area contributed by atoms with E-state index in [9.17, 15) is 8.42 Å². The zero-order valence-corrected chi connectivity index (χ0v) is 12.7. The van der Waals surface area contributed by atoms with Gasteiger partial charge in [-0.05, 0) is 18.4 Å². The SMILES string of the molecule is Cc1nc2ccc3ccccc3c2n1CCOS(C)(=O)=O. The summed E-state index contributed by atoms with van der Waals surface area (Å²) in [5, 5.41) is 2.24. The van der Waals surface area contributed by atoms with Gasteiger partial charge in [-0.2, -0.15) is 8.42 Å². The van der Waals surface area contributed by atoms with Crippen LogP contribution in [0, 0.1) is 6.92 Å². The van der Waals surface area contributed by atoms with Gasteiger partial charge in [-0.25, -0.2) is 4.98 Å². The monoisotopic (exact) mass is 304 g/mol. The Hall–Kier alpha value is -1.92. The van der Waals surface area contributed by atoms with Crippen molar-refractivity contribution < 1.29 is 12.6 Å². The minimum Gasteiger partial charge on any atom is -0.325 e. The lowest BCUT2D eigenvalue weighted by molar-refractivity contribution is 0.304. The van der Waals surface area contributed by atoms with E-state index in [-0.39, 0.29) is 6.61 Å². The highest BCUT2D eigenvalue weighted by molar-refractivity contribution is 7.85. The number of aryl methyl sites for hydroxylation is 1. The minimum atomic E-state index is -3.42. The van der Waals surface area contributed by atoms with E-state index in [0.717, 1.165) is 33.9 Å². The van der Waals surface area contributed by atoms with Gasteiger partial charge in [0.25, 0.3) is 10.1 Å².